The Hall–Kier alpha value is -1.10. The number of nitrogens with zero attached hydrogens (tertiary/aromatic N) is 1. The predicted molar refractivity (Wildman–Crippen MR) is 64.4 cm³/mol. The van der Waals surface area contributed by atoms with Crippen molar-refractivity contribution in [2.24, 2.45) is 17.1 Å². The number of carbonyl (C=O) groups is 2. The number of carboxylic acid groups (broad SMARTS) is 1. The van der Waals surface area contributed by atoms with Crippen molar-refractivity contribution < 1.29 is 14.7 Å². The molecule has 5 heteroatoms. The van der Waals surface area contributed by atoms with Crippen molar-refractivity contribution in [1.82, 2.24) is 4.90 Å². The molecule has 0 aliphatic carbocycles. The number of hydrogen-bond donors (Lipinski definition) is 2. The molecule has 98 valence electrons. The van der Waals surface area contributed by atoms with Gasteiger partial charge in [-0.25, -0.2) is 0 Å². The largest absolute Gasteiger partial charge is 0.481 e. The molecule has 0 saturated carbocycles. The van der Waals surface area contributed by atoms with Crippen LogP contribution in [0.1, 0.15) is 33.6 Å². The summed E-state index contributed by atoms with van der Waals surface area (Å²) in [5, 5.41) is 9.09. The molecule has 1 saturated heterocycles. The lowest BCUT2D eigenvalue weighted by atomic mass is 9.90. The van der Waals surface area contributed by atoms with E-state index in [1.54, 1.807) is 11.8 Å². The second-order valence-electron chi connectivity index (χ2n) is 5.61. The van der Waals surface area contributed by atoms with Gasteiger partial charge < -0.3 is 15.7 Å². The average molecular weight is 242 g/mol. The monoisotopic (exact) mass is 242 g/mol. The minimum atomic E-state index is -0.842. The molecular formula is C12H22N2O3. The third kappa shape index (κ3) is 3.19. The van der Waals surface area contributed by atoms with Gasteiger partial charge in [-0.05, 0) is 25.7 Å². The maximum absolute atomic E-state index is 12.0. The Morgan fingerprint density at radius 1 is 1.47 bits per heavy atom. The Morgan fingerprint density at radius 3 is 2.47 bits per heavy atom. The molecule has 0 aromatic carbocycles. The highest BCUT2D eigenvalue weighted by atomic mass is 16.4. The molecule has 1 amide bonds. The van der Waals surface area contributed by atoms with Crippen molar-refractivity contribution in [3.8, 4) is 0 Å². The van der Waals surface area contributed by atoms with Crippen molar-refractivity contribution >= 4 is 11.9 Å². The molecule has 3 N–H and O–H groups in total. The highest BCUT2D eigenvalue weighted by Gasteiger charge is 2.42. The van der Waals surface area contributed by atoms with E-state index < -0.39 is 17.4 Å². The zero-order chi connectivity index (χ0) is 13.2. The van der Waals surface area contributed by atoms with Crippen molar-refractivity contribution in [3.05, 3.63) is 0 Å². The van der Waals surface area contributed by atoms with Crippen LogP contribution in [0.15, 0.2) is 0 Å². The molecule has 0 aromatic heterocycles. The smallest absolute Gasteiger partial charge is 0.311 e. The second kappa shape index (κ2) is 5.04. The molecular weight excluding hydrogens is 220 g/mol. The number of amides is 1. The van der Waals surface area contributed by atoms with Crippen LogP contribution in [0.4, 0.5) is 0 Å². The van der Waals surface area contributed by atoms with Gasteiger partial charge in [0.05, 0.1) is 11.5 Å². The van der Waals surface area contributed by atoms with E-state index in [1.807, 2.05) is 13.8 Å². The molecule has 1 fully saturated rings. The molecule has 0 spiro atoms. The van der Waals surface area contributed by atoms with Gasteiger partial charge in [0.2, 0.25) is 5.91 Å². The van der Waals surface area contributed by atoms with Crippen LogP contribution in [0.3, 0.4) is 0 Å². The van der Waals surface area contributed by atoms with Gasteiger partial charge in [0.15, 0.2) is 0 Å². The van der Waals surface area contributed by atoms with E-state index in [2.05, 4.69) is 0 Å². The lowest BCUT2D eigenvalue weighted by Crippen LogP contribution is -2.44. The van der Waals surface area contributed by atoms with Crippen LogP contribution in [0.25, 0.3) is 0 Å². The maximum atomic E-state index is 12.0. The summed E-state index contributed by atoms with van der Waals surface area (Å²) < 4.78 is 0. The molecule has 1 rings (SSSR count). The van der Waals surface area contributed by atoms with Crippen LogP contribution < -0.4 is 5.73 Å². The Balaban J connectivity index is 2.59. The standard InChI is InChI=1S/C12H22N2O3/c1-8(2)6-9(13)10(15)14-5-4-12(3,7-14)11(16)17/h8-9H,4-7,13H2,1-3H3,(H,16,17). The van der Waals surface area contributed by atoms with Crippen molar-refractivity contribution in [1.29, 1.82) is 0 Å². The van der Waals surface area contributed by atoms with Gasteiger partial charge in [-0.1, -0.05) is 13.8 Å². The first-order valence-electron chi connectivity index (χ1n) is 6.04. The lowest BCUT2D eigenvalue weighted by Gasteiger charge is -2.23. The molecule has 0 bridgehead atoms. The summed E-state index contributed by atoms with van der Waals surface area (Å²) in [6, 6.07) is -0.508. The summed E-state index contributed by atoms with van der Waals surface area (Å²) in [5.41, 5.74) is 5.01. The van der Waals surface area contributed by atoms with Crippen LogP contribution in [-0.2, 0) is 9.59 Å². The van der Waals surface area contributed by atoms with Crippen LogP contribution in [0.2, 0.25) is 0 Å². The first kappa shape index (κ1) is 14.0. The summed E-state index contributed by atoms with van der Waals surface area (Å²) >= 11 is 0. The molecule has 5 nitrogen and oxygen atoms in total. The van der Waals surface area contributed by atoms with E-state index in [-0.39, 0.29) is 12.5 Å². The van der Waals surface area contributed by atoms with Gasteiger partial charge >= 0.3 is 5.97 Å². The van der Waals surface area contributed by atoms with Gasteiger partial charge in [-0.2, -0.15) is 0 Å². The number of rotatable bonds is 4. The molecule has 0 aromatic rings. The third-order valence-electron chi connectivity index (χ3n) is 3.34. The summed E-state index contributed by atoms with van der Waals surface area (Å²) in [6.45, 7) is 6.47. The predicted octanol–water partition coefficient (Wildman–Crippen LogP) is 0.683. The molecule has 17 heavy (non-hydrogen) atoms. The number of carboxylic acids is 1. The van der Waals surface area contributed by atoms with E-state index in [0.717, 1.165) is 0 Å². The van der Waals surface area contributed by atoms with Crippen LogP contribution in [-0.4, -0.2) is 41.0 Å². The molecule has 2 unspecified atom stereocenters. The van der Waals surface area contributed by atoms with Crippen molar-refractivity contribution in [2.75, 3.05) is 13.1 Å². The van der Waals surface area contributed by atoms with E-state index in [0.29, 0.717) is 25.3 Å². The molecule has 1 aliphatic rings. The highest BCUT2D eigenvalue weighted by molar-refractivity contribution is 5.84. The van der Waals surface area contributed by atoms with Gasteiger partial charge in [-0.3, -0.25) is 9.59 Å². The Bertz CT molecular complexity index is 317. The summed E-state index contributed by atoms with van der Waals surface area (Å²) in [4.78, 5) is 24.7. The third-order valence-corrected chi connectivity index (χ3v) is 3.34. The number of hydrogen-bond acceptors (Lipinski definition) is 3. The first-order valence-corrected chi connectivity index (χ1v) is 6.04. The average Bonchev–Trinajstić information content (AvgIpc) is 2.60. The van der Waals surface area contributed by atoms with Gasteiger partial charge in [0, 0.05) is 13.1 Å². The second-order valence-corrected chi connectivity index (χ2v) is 5.61. The van der Waals surface area contributed by atoms with Gasteiger partial charge in [0.1, 0.15) is 0 Å². The van der Waals surface area contributed by atoms with Gasteiger partial charge in [0.25, 0.3) is 0 Å². The minimum absolute atomic E-state index is 0.122. The Morgan fingerprint density at radius 2 is 2.06 bits per heavy atom. The normalized spacial score (nSPS) is 26.3. The van der Waals surface area contributed by atoms with E-state index >= 15 is 0 Å². The van der Waals surface area contributed by atoms with E-state index in [9.17, 15) is 9.59 Å². The minimum Gasteiger partial charge on any atom is -0.481 e. The topological polar surface area (TPSA) is 83.6 Å². The Kier molecular flexibility index (Phi) is 4.14. The summed E-state index contributed by atoms with van der Waals surface area (Å²) in [5.74, 6) is -0.601. The van der Waals surface area contributed by atoms with E-state index in [1.165, 1.54) is 0 Å². The number of nitrogens with two attached hydrogens (primary N) is 1. The van der Waals surface area contributed by atoms with Gasteiger partial charge in [-0.15, -0.1) is 0 Å². The molecule has 0 radical (unpaired) electrons. The number of likely N-dealkylation sites (tertiary alicyclic amines) is 1. The summed E-state index contributed by atoms with van der Waals surface area (Å²) in [7, 11) is 0. The SMILES string of the molecule is CC(C)CC(N)C(=O)N1CCC(C)(C(=O)O)C1. The zero-order valence-electron chi connectivity index (χ0n) is 10.8. The van der Waals surface area contributed by atoms with Crippen LogP contribution in [0, 0.1) is 11.3 Å². The molecule has 1 aliphatic heterocycles. The van der Waals surface area contributed by atoms with Crippen molar-refractivity contribution in [3.63, 3.8) is 0 Å². The molecule has 2 atom stereocenters. The maximum Gasteiger partial charge on any atom is 0.311 e. The fourth-order valence-corrected chi connectivity index (χ4v) is 2.17. The fraction of sp³-hybridized carbons (Fsp3) is 0.833. The summed E-state index contributed by atoms with van der Waals surface area (Å²) in [6.07, 6.45) is 1.14. The zero-order valence-corrected chi connectivity index (χ0v) is 10.8. The number of carbonyl (C=O) groups excluding carboxylic acids is 1. The highest BCUT2D eigenvalue weighted by Crippen LogP contribution is 2.30. The van der Waals surface area contributed by atoms with Crippen LogP contribution >= 0.6 is 0 Å². The number of aliphatic carboxylic acids is 1. The lowest BCUT2D eigenvalue weighted by molar-refractivity contribution is -0.147. The van der Waals surface area contributed by atoms with Crippen molar-refractivity contribution in [2.45, 2.75) is 39.7 Å². The quantitative estimate of drug-likeness (QED) is 0.759. The Labute approximate surface area is 102 Å². The van der Waals surface area contributed by atoms with E-state index in [4.69, 9.17) is 10.8 Å². The fourth-order valence-electron chi connectivity index (χ4n) is 2.17. The van der Waals surface area contributed by atoms with Crippen LogP contribution in [0.5, 0.6) is 0 Å². The molecule has 1 heterocycles. The first-order chi connectivity index (χ1) is 7.76.